The molecule has 0 saturated carbocycles. The van der Waals surface area contributed by atoms with Crippen LogP contribution in [0.4, 0.5) is 0 Å². The van der Waals surface area contributed by atoms with Gasteiger partial charge in [-0.1, -0.05) is 6.07 Å². The van der Waals surface area contributed by atoms with Gasteiger partial charge in [-0.15, -0.1) is 11.3 Å². The SMILES string of the molecule is C[C@@H](CNS(=O)(=O)c1cccc(C#N)c1)N1CCc2sccc2C1. The van der Waals surface area contributed by atoms with E-state index < -0.39 is 10.0 Å². The fourth-order valence-electron chi connectivity index (χ4n) is 2.82. The minimum Gasteiger partial charge on any atom is -0.295 e. The molecule has 126 valence electrons. The summed E-state index contributed by atoms with van der Waals surface area (Å²) in [4.78, 5) is 3.86. The van der Waals surface area contributed by atoms with Gasteiger partial charge in [-0.3, -0.25) is 4.90 Å². The van der Waals surface area contributed by atoms with Crippen molar-refractivity contribution in [2.24, 2.45) is 0 Å². The second kappa shape index (κ2) is 7.03. The van der Waals surface area contributed by atoms with Gasteiger partial charge in [-0.25, -0.2) is 13.1 Å². The molecule has 0 amide bonds. The van der Waals surface area contributed by atoms with Gasteiger partial charge in [0.2, 0.25) is 10.0 Å². The van der Waals surface area contributed by atoms with Crippen LogP contribution in [0.2, 0.25) is 0 Å². The molecule has 1 aromatic carbocycles. The molecule has 0 radical (unpaired) electrons. The Hall–Kier alpha value is -1.72. The summed E-state index contributed by atoms with van der Waals surface area (Å²) in [5, 5.41) is 11.0. The number of rotatable bonds is 5. The molecule has 1 aromatic heterocycles. The Morgan fingerprint density at radius 2 is 2.25 bits per heavy atom. The summed E-state index contributed by atoms with van der Waals surface area (Å²) in [6.45, 7) is 4.19. The van der Waals surface area contributed by atoms with Crippen LogP contribution in [-0.4, -0.2) is 32.4 Å². The van der Waals surface area contributed by atoms with Gasteiger partial charge in [0.05, 0.1) is 16.5 Å². The topological polar surface area (TPSA) is 73.2 Å². The molecule has 2 aromatic rings. The third-order valence-corrected chi connectivity index (χ3v) is 6.75. The van der Waals surface area contributed by atoms with Crippen molar-refractivity contribution in [1.29, 1.82) is 5.26 Å². The molecule has 0 spiro atoms. The molecule has 1 aliphatic rings. The lowest BCUT2D eigenvalue weighted by molar-refractivity contribution is 0.193. The quantitative estimate of drug-likeness (QED) is 0.887. The summed E-state index contributed by atoms with van der Waals surface area (Å²) in [5.41, 5.74) is 1.69. The maximum Gasteiger partial charge on any atom is 0.240 e. The zero-order chi connectivity index (χ0) is 17.2. The van der Waals surface area contributed by atoms with E-state index in [9.17, 15) is 8.42 Å². The van der Waals surface area contributed by atoms with Gasteiger partial charge >= 0.3 is 0 Å². The second-order valence-electron chi connectivity index (χ2n) is 5.93. The molecule has 0 bridgehead atoms. The Morgan fingerprint density at radius 1 is 1.42 bits per heavy atom. The second-order valence-corrected chi connectivity index (χ2v) is 8.70. The van der Waals surface area contributed by atoms with E-state index in [1.165, 1.54) is 22.6 Å². The third kappa shape index (κ3) is 3.68. The van der Waals surface area contributed by atoms with Crippen LogP contribution in [0.1, 0.15) is 22.9 Å². The molecule has 1 atom stereocenters. The standard InChI is InChI=1S/C17H19N3O2S2/c1-13(20-7-5-17-15(12-20)6-8-23-17)11-19-24(21,22)16-4-2-3-14(9-16)10-18/h2-4,6,8-9,13,19H,5,7,11-12H2,1H3/t13-/m0/s1. The number of nitrogens with zero attached hydrogens (tertiary/aromatic N) is 2. The van der Waals surface area contributed by atoms with E-state index in [4.69, 9.17) is 5.26 Å². The van der Waals surface area contributed by atoms with Crippen LogP contribution in [0.3, 0.4) is 0 Å². The van der Waals surface area contributed by atoms with Gasteiger partial charge in [-0.05, 0) is 48.6 Å². The molecule has 0 unspecified atom stereocenters. The molecule has 3 rings (SSSR count). The minimum absolute atomic E-state index is 0.104. The molecule has 0 saturated heterocycles. The Labute approximate surface area is 146 Å². The summed E-state index contributed by atoms with van der Waals surface area (Å²) < 4.78 is 27.5. The molecule has 24 heavy (non-hydrogen) atoms. The molecular weight excluding hydrogens is 342 g/mol. The first kappa shape index (κ1) is 17.1. The van der Waals surface area contributed by atoms with Gasteiger partial charge in [0.25, 0.3) is 0 Å². The van der Waals surface area contributed by atoms with Crippen molar-refractivity contribution in [3.63, 3.8) is 0 Å². The number of nitrogens with one attached hydrogen (secondary N) is 1. The zero-order valence-electron chi connectivity index (χ0n) is 13.4. The summed E-state index contributed by atoms with van der Waals surface area (Å²) in [6, 6.07) is 10.3. The van der Waals surface area contributed by atoms with Crippen molar-refractivity contribution < 1.29 is 8.42 Å². The van der Waals surface area contributed by atoms with E-state index in [0.29, 0.717) is 12.1 Å². The largest absolute Gasteiger partial charge is 0.295 e. The number of hydrogen-bond acceptors (Lipinski definition) is 5. The highest BCUT2D eigenvalue weighted by Gasteiger charge is 2.23. The van der Waals surface area contributed by atoms with E-state index in [1.807, 2.05) is 13.0 Å². The predicted molar refractivity (Wildman–Crippen MR) is 94.2 cm³/mol. The maximum atomic E-state index is 12.4. The number of benzene rings is 1. The molecule has 1 aliphatic heterocycles. The normalized spacial score (nSPS) is 16.3. The van der Waals surface area contributed by atoms with Crippen LogP contribution in [0.25, 0.3) is 0 Å². The van der Waals surface area contributed by atoms with Crippen LogP contribution < -0.4 is 4.72 Å². The first-order valence-electron chi connectivity index (χ1n) is 7.79. The van der Waals surface area contributed by atoms with Gasteiger partial charge in [-0.2, -0.15) is 5.26 Å². The molecule has 5 nitrogen and oxygen atoms in total. The summed E-state index contributed by atoms with van der Waals surface area (Å²) in [7, 11) is -3.60. The van der Waals surface area contributed by atoms with E-state index in [1.54, 1.807) is 23.5 Å². The fourth-order valence-corrected chi connectivity index (χ4v) is 4.88. The van der Waals surface area contributed by atoms with Gasteiger partial charge < -0.3 is 0 Å². The average Bonchev–Trinajstić information content (AvgIpc) is 3.07. The summed E-state index contributed by atoms with van der Waals surface area (Å²) >= 11 is 1.79. The van der Waals surface area contributed by atoms with E-state index in [2.05, 4.69) is 21.1 Å². The van der Waals surface area contributed by atoms with Gasteiger partial charge in [0.15, 0.2) is 0 Å². The number of nitriles is 1. The number of sulfonamides is 1. The van der Waals surface area contributed by atoms with Crippen molar-refractivity contribution in [2.45, 2.75) is 30.8 Å². The van der Waals surface area contributed by atoms with E-state index in [0.717, 1.165) is 19.5 Å². The fraction of sp³-hybridized carbons (Fsp3) is 0.353. The molecule has 7 heteroatoms. The first-order chi connectivity index (χ1) is 11.5. The number of hydrogen-bond donors (Lipinski definition) is 1. The molecule has 2 heterocycles. The smallest absolute Gasteiger partial charge is 0.240 e. The van der Waals surface area contributed by atoms with Crippen LogP contribution in [0.5, 0.6) is 0 Å². The number of fused-ring (bicyclic) bond motifs is 1. The molecular formula is C17H19N3O2S2. The Bertz CT molecular complexity index is 868. The van der Waals surface area contributed by atoms with Crippen molar-refractivity contribution in [3.8, 4) is 6.07 Å². The summed E-state index contributed by atoms with van der Waals surface area (Å²) in [5.74, 6) is 0. The lowest BCUT2D eigenvalue weighted by Crippen LogP contribution is -2.44. The van der Waals surface area contributed by atoms with Crippen LogP contribution >= 0.6 is 11.3 Å². The Morgan fingerprint density at radius 3 is 3.04 bits per heavy atom. The zero-order valence-corrected chi connectivity index (χ0v) is 15.0. The third-order valence-electron chi connectivity index (χ3n) is 4.30. The lowest BCUT2D eigenvalue weighted by Gasteiger charge is -2.32. The summed E-state index contributed by atoms with van der Waals surface area (Å²) in [6.07, 6.45) is 1.02. The van der Waals surface area contributed by atoms with E-state index >= 15 is 0 Å². The van der Waals surface area contributed by atoms with Crippen LogP contribution in [0, 0.1) is 11.3 Å². The number of thiophene rings is 1. The van der Waals surface area contributed by atoms with Crippen molar-refractivity contribution in [1.82, 2.24) is 9.62 Å². The molecule has 1 N–H and O–H groups in total. The monoisotopic (exact) mass is 361 g/mol. The van der Waals surface area contributed by atoms with Crippen LogP contribution in [0.15, 0.2) is 40.6 Å². The first-order valence-corrected chi connectivity index (χ1v) is 10.1. The Balaban J connectivity index is 1.63. The predicted octanol–water partition coefficient (Wildman–Crippen LogP) is 2.34. The minimum atomic E-state index is -3.60. The van der Waals surface area contributed by atoms with Crippen molar-refractivity contribution in [3.05, 3.63) is 51.7 Å². The molecule has 0 aliphatic carbocycles. The van der Waals surface area contributed by atoms with E-state index in [-0.39, 0.29) is 10.9 Å². The van der Waals surface area contributed by atoms with Crippen LogP contribution in [-0.2, 0) is 23.0 Å². The van der Waals surface area contributed by atoms with Crippen molar-refractivity contribution >= 4 is 21.4 Å². The average molecular weight is 361 g/mol. The highest BCUT2D eigenvalue weighted by molar-refractivity contribution is 7.89. The van der Waals surface area contributed by atoms with Gasteiger partial charge in [0, 0.05) is 30.6 Å². The highest BCUT2D eigenvalue weighted by Crippen LogP contribution is 2.25. The Kier molecular flexibility index (Phi) is 5.01. The van der Waals surface area contributed by atoms with Crippen molar-refractivity contribution in [2.75, 3.05) is 13.1 Å². The van der Waals surface area contributed by atoms with Gasteiger partial charge in [0.1, 0.15) is 0 Å². The highest BCUT2D eigenvalue weighted by atomic mass is 32.2. The lowest BCUT2D eigenvalue weighted by atomic mass is 10.1. The molecule has 0 fully saturated rings. The maximum absolute atomic E-state index is 12.4.